The molecule has 0 saturated heterocycles. The van der Waals surface area contributed by atoms with E-state index in [-0.39, 0.29) is 35.6 Å². The Hall–Kier alpha value is -1.80. The first-order valence-electron chi connectivity index (χ1n) is 10.1. The Morgan fingerprint density at radius 3 is 2.72 bits per heavy atom. The summed E-state index contributed by atoms with van der Waals surface area (Å²) in [6.45, 7) is 7.89. The molecule has 2 aliphatic rings. The monoisotopic (exact) mass is 506 g/mol. The molecule has 0 aliphatic carbocycles. The molecule has 2 aromatic carbocycles. The van der Waals surface area contributed by atoms with Crippen LogP contribution in [0, 0.1) is 0 Å². The number of fused-ring (bicyclic) bond motifs is 2. The Morgan fingerprint density at radius 2 is 1.90 bits per heavy atom. The predicted octanol–water partition coefficient (Wildman–Crippen LogP) is 3.87. The molecule has 1 atom stereocenters. The predicted molar refractivity (Wildman–Crippen MR) is 129 cm³/mol. The van der Waals surface area contributed by atoms with Crippen LogP contribution in [-0.4, -0.2) is 36.1 Å². The Morgan fingerprint density at radius 1 is 1.17 bits per heavy atom. The summed E-state index contributed by atoms with van der Waals surface area (Å²) in [5.41, 5.74) is 10.3. The van der Waals surface area contributed by atoms with Crippen LogP contribution >= 0.6 is 24.0 Å². The SMILES string of the molecule is CC(C)(CN=C(N)NC1CCOc2ccccc21)N1CCc2ccccc2C1.I. The fourth-order valence-electron chi connectivity index (χ4n) is 4.11. The molecule has 0 aromatic heterocycles. The van der Waals surface area contributed by atoms with Crippen LogP contribution in [0.3, 0.4) is 0 Å². The number of benzene rings is 2. The molecule has 2 aromatic rings. The molecule has 0 saturated carbocycles. The topological polar surface area (TPSA) is 62.9 Å². The molecule has 29 heavy (non-hydrogen) atoms. The van der Waals surface area contributed by atoms with E-state index in [0.29, 0.717) is 19.1 Å². The van der Waals surface area contributed by atoms with E-state index in [4.69, 9.17) is 15.5 Å². The molecule has 6 heteroatoms. The van der Waals surface area contributed by atoms with E-state index >= 15 is 0 Å². The Balaban J connectivity index is 0.00000240. The van der Waals surface area contributed by atoms with Crippen molar-refractivity contribution in [3.8, 4) is 5.75 Å². The standard InChI is InChI=1S/C23H30N4O.HI/c1-23(2,27-13-11-17-7-3-4-8-18(17)15-27)16-25-22(24)26-20-12-14-28-21-10-6-5-9-19(20)21;/h3-10,20H,11-16H2,1-2H3,(H3,24,25,26);1H. The number of rotatable bonds is 4. The quantitative estimate of drug-likeness (QED) is 0.376. The van der Waals surface area contributed by atoms with E-state index in [2.05, 4.69) is 54.4 Å². The van der Waals surface area contributed by atoms with Crippen LogP contribution in [0.2, 0.25) is 0 Å². The van der Waals surface area contributed by atoms with Gasteiger partial charge in [-0.1, -0.05) is 42.5 Å². The zero-order valence-corrected chi connectivity index (χ0v) is 19.6. The minimum atomic E-state index is -0.0482. The molecule has 0 bridgehead atoms. The van der Waals surface area contributed by atoms with E-state index in [1.54, 1.807) is 0 Å². The van der Waals surface area contributed by atoms with Gasteiger partial charge in [0, 0.05) is 30.6 Å². The number of nitrogens with one attached hydrogen (secondary N) is 1. The number of nitrogens with zero attached hydrogens (tertiary/aromatic N) is 2. The first-order chi connectivity index (χ1) is 13.5. The van der Waals surface area contributed by atoms with E-state index in [9.17, 15) is 0 Å². The third-order valence-corrected chi connectivity index (χ3v) is 5.90. The third kappa shape index (κ3) is 5.04. The van der Waals surface area contributed by atoms with Crippen LogP contribution in [0.4, 0.5) is 0 Å². The van der Waals surface area contributed by atoms with Crippen LogP contribution in [-0.2, 0) is 13.0 Å². The first-order valence-corrected chi connectivity index (χ1v) is 10.1. The van der Waals surface area contributed by atoms with Gasteiger partial charge in [0.25, 0.3) is 0 Å². The number of nitrogens with two attached hydrogens (primary N) is 1. The second-order valence-electron chi connectivity index (χ2n) is 8.33. The summed E-state index contributed by atoms with van der Waals surface area (Å²) in [5.74, 6) is 1.44. The maximum Gasteiger partial charge on any atom is 0.189 e. The number of para-hydroxylation sites is 1. The van der Waals surface area contributed by atoms with Gasteiger partial charge < -0.3 is 15.8 Å². The molecule has 0 spiro atoms. The minimum absolute atomic E-state index is 0. The van der Waals surface area contributed by atoms with Gasteiger partial charge in [-0.2, -0.15) is 0 Å². The van der Waals surface area contributed by atoms with Gasteiger partial charge in [-0.15, -0.1) is 24.0 Å². The normalized spacial score (nSPS) is 19.4. The van der Waals surface area contributed by atoms with Crippen molar-refractivity contribution in [1.29, 1.82) is 0 Å². The van der Waals surface area contributed by atoms with Crippen molar-refractivity contribution in [2.75, 3.05) is 19.7 Å². The molecular weight excluding hydrogens is 475 g/mol. The van der Waals surface area contributed by atoms with Crippen LogP contribution in [0.15, 0.2) is 53.5 Å². The van der Waals surface area contributed by atoms with Crippen LogP contribution in [0.1, 0.15) is 43.0 Å². The highest BCUT2D eigenvalue weighted by molar-refractivity contribution is 14.0. The van der Waals surface area contributed by atoms with Crippen LogP contribution in [0.25, 0.3) is 0 Å². The molecule has 0 fully saturated rings. The molecule has 156 valence electrons. The van der Waals surface area contributed by atoms with E-state index in [1.165, 1.54) is 11.1 Å². The number of hydrogen-bond acceptors (Lipinski definition) is 3. The molecule has 2 aliphatic heterocycles. The lowest BCUT2D eigenvalue weighted by molar-refractivity contribution is 0.112. The maximum absolute atomic E-state index is 6.25. The Kier molecular flexibility index (Phi) is 7.05. The van der Waals surface area contributed by atoms with Crippen molar-refractivity contribution in [2.24, 2.45) is 10.7 Å². The highest BCUT2D eigenvalue weighted by Gasteiger charge is 2.30. The van der Waals surface area contributed by atoms with Gasteiger partial charge in [0.2, 0.25) is 0 Å². The lowest BCUT2D eigenvalue weighted by Crippen LogP contribution is -2.49. The summed E-state index contributed by atoms with van der Waals surface area (Å²) in [6.07, 6.45) is 1.98. The average molecular weight is 506 g/mol. The maximum atomic E-state index is 6.25. The van der Waals surface area contributed by atoms with Crippen molar-refractivity contribution in [3.05, 3.63) is 65.2 Å². The van der Waals surface area contributed by atoms with Gasteiger partial charge >= 0.3 is 0 Å². The summed E-state index contributed by atoms with van der Waals surface area (Å²) in [6, 6.07) is 17.0. The van der Waals surface area contributed by atoms with E-state index in [0.717, 1.165) is 37.2 Å². The second kappa shape index (κ2) is 9.34. The molecule has 0 amide bonds. The number of aliphatic imine (C=N–C) groups is 1. The fraction of sp³-hybridized carbons (Fsp3) is 0.435. The van der Waals surface area contributed by atoms with Gasteiger partial charge in [-0.25, -0.2) is 0 Å². The molecule has 4 rings (SSSR count). The minimum Gasteiger partial charge on any atom is -0.493 e. The van der Waals surface area contributed by atoms with Crippen LogP contribution < -0.4 is 15.8 Å². The number of halogens is 1. The summed E-state index contributed by atoms with van der Waals surface area (Å²) in [5, 5.41) is 3.40. The molecular formula is C23H31IN4O. The van der Waals surface area contributed by atoms with Crippen molar-refractivity contribution in [1.82, 2.24) is 10.2 Å². The number of hydrogen-bond donors (Lipinski definition) is 2. The van der Waals surface area contributed by atoms with Crippen molar-refractivity contribution in [3.63, 3.8) is 0 Å². The number of ether oxygens (including phenoxy) is 1. The highest BCUT2D eigenvalue weighted by Crippen LogP contribution is 2.31. The van der Waals surface area contributed by atoms with Crippen LogP contribution in [0.5, 0.6) is 5.75 Å². The van der Waals surface area contributed by atoms with Crippen molar-refractivity contribution >= 4 is 29.9 Å². The first kappa shape index (κ1) is 21.9. The lowest BCUT2D eigenvalue weighted by Gasteiger charge is -2.40. The second-order valence-corrected chi connectivity index (χ2v) is 8.33. The zero-order valence-electron chi connectivity index (χ0n) is 17.2. The summed E-state index contributed by atoms with van der Waals surface area (Å²) in [4.78, 5) is 7.20. The Bertz CT molecular complexity index is 867. The van der Waals surface area contributed by atoms with Crippen molar-refractivity contribution < 1.29 is 4.74 Å². The molecule has 0 radical (unpaired) electrons. The van der Waals surface area contributed by atoms with Gasteiger partial charge in [0.05, 0.1) is 19.2 Å². The van der Waals surface area contributed by atoms with Crippen molar-refractivity contribution in [2.45, 2.75) is 44.8 Å². The zero-order chi connectivity index (χ0) is 19.6. The lowest BCUT2D eigenvalue weighted by atomic mass is 9.94. The van der Waals surface area contributed by atoms with Gasteiger partial charge in [0.1, 0.15) is 5.75 Å². The number of guanidine groups is 1. The molecule has 5 nitrogen and oxygen atoms in total. The molecule has 1 unspecified atom stereocenters. The molecule has 2 heterocycles. The largest absolute Gasteiger partial charge is 0.493 e. The van der Waals surface area contributed by atoms with Gasteiger partial charge in [0.15, 0.2) is 5.96 Å². The van der Waals surface area contributed by atoms with Gasteiger partial charge in [-0.05, 0) is 37.5 Å². The van der Waals surface area contributed by atoms with Gasteiger partial charge in [-0.3, -0.25) is 9.89 Å². The van der Waals surface area contributed by atoms with E-state index in [1.807, 2.05) is 18.2 Å². The fourth-order valence-corrected chi connectivity index (χ4v) is 4.11. The average Bonchev–Trinajstić information content (AvgIpc) is 2.72. The highest BCUT2D eigenvalue weighted by atomic mass is 127. The smallest absolute Gasteiger partial charge is 0.189 e. The summed E-state index contributed by atoms with van der Waals surface area (Å²) in [7, 11) is 0. The third-order valence-electron chi connectivity index (χ3n) is 5.90. The van der Waals surface area contributed by atoms with E-state index < -0.39 is 0 Å². The summed E-state index contributed by atoms with van der Waals surface area (Å²) < 4.78 is 5.73. The summed E-state index contributed by atoms with van der Waals surface area (Å²) >= 11 is 0. The Labute approximate surface area is 190 Å². The molecule has 3 N–H and O–H groups in total.